The van der Waals surface area contributed by atoms with Gasteiger partial charge >= 0.3 is 0 Å². The first-order valence-electron chi connectivity index (χ1n) is 7.19. The topological polar surface area (TPSA) is 45.9 Å². The van der Waals surface area contributed by atoms with Crippen LogP contribution in [0.1, 0.15) is 56.9 Å². The molecule has 0 radical (unpaired) electrons. The third-order valence-electron chi connectivity index (χ3n) is 3.50. The maximum Gasteiger partial charge on any atom is 0.232 e. The van der Waals surface area contributed by atoms with Gasteiger partial charge in [0.1, 0.15) is 11.6 Å². The van der Waals surface area contributed by atoms with Crippen LogP contribution in [0.3, 0.4) is 0 Å². The Kier molecular flexibility index (Phi) is 4.42. The van der Waals surface area contributed by atoms with Gasteiger partial charge in [0.05, 0.1) is 6.10 Å². The lowest BCUT2D eigenvalue weighted by atomic mass is 9.95. The lowest BCUT2D eigenvalue weighted by molar-refractivity contribution is 0.184. The van der Waals surface area contributed by atoms with Crippen molar-refractivity contribution in [2.24, 2.45) is 5.92 Å². The van der Waals surface area contributed by atoms with Crippen molar-refractivity contribution in [3.8, 4) is 11.9 Å². The number of fused-ring (bicyclic) bond motifs is 1. The Morgan fingerprint density at radius 3 is 2.74 bits per heavy atom. The van der Waals surface area contributed by atoms with E-state index < -0.39 is 0 Å². The van der Waals surface area contributed by atoms with Crippen molar-refractivity contribution < 1.29 is 4.74 Å². The number of aromatic nitrogens is 1. The molecule has 3 heteroatoms. The number of ether oxygens (including phenoxy) is 1. The second-order valence-corrected chi connectivity index (χ2v) is 5.82. The van der Waals surface area contributed by atoms with E-state index in [0.717, 1.165) is 25.0 Å². The van der Waals surface area contributed by atoms with Crippen LogP contribution in [0.15, 0.2) is 6.07 Å². The van der Waals surface area contributed by atoms with E-state index in [9.17, 15) is 5.26 Å². The minimum atomic E-state index is 0.0984. The molecule has 0 amide bonds. The third kappa shape index (κ3) is 3.47. The molecule has 3 nitrogen and oxygen atoms in total. The molecule has 1 aromatic heterocycles. The van der Waals surface area contributed by atoms with Crippen LogP contribution < -0.4 is 4.74 Å². The quantitative estimate of drug-likeness (QED) is 0.828. The van der Waals surface area contributed by atoms with E-state index in [1.54, 1.807) is 0 Å². The van der Waals surface area contributed by atoms with Crippen LogP contribution in [0.25, 0.3) is 0 Å². The van der Waals surface area contributed by atoms with Crippen LogP contribution in [0, 0.1) is 17.2 Å². The van der Waals surface area contributed by atoms with E-state index in [1.165, 1.54) is 18.4 Å². The first-order valence-corrected chi connectivity index (χ1v) is 7.19. The zero-order valence-electron chi connectivity index (χ0n) is 12.1. The number of rotatable bonds is 4. The van der Waals surface area contributed by atoms with Crippen molar-refractivity contribution in [1.29, 1.82) is 5.26 Å². The standard InChI is InChI=1S/C16H22N2O/c1-11(2)8-12(3)19-16-14(10-17)9-13-6-4-5-7-15(13)18-16/h9,11-12H,4-8H2,1-3H3. The second-order valence-electron chi connectivity index (χ2n) is 5.82. The van der Waals surface area contributed by atoms with Crippen LogP contribution >= 0.6 is 0 Å². The number of nitriles is 1. The summed E-state index contributed by atoms with van der Waals surface area (Å²) in [5, 5.41) is 9.24. The third-order valence-corrected chi connectivity index (χ3v) is 3.50. The van der Waals surface area contributed by atoms with Crippen molar-refractivity contribution in [3.05, 3.63) is 22.9 Å². The molecule has 2 rings (SSSR count). The monoisotopic (exact) mass is 258 g/mol. The number of hydrogen-bond acceptors (Lipinski definition) is 3. The Bertz CT molecular complexity index is 488. The summed E-state index contributed by atoms with van der Waals surface area (Å²) in [5.41, 5.74) is 2.93. The van der Waals surface area contributed by atoms with E-state index in [4.69, 9.17) is 4.74 Å². The summed E-state index contributed by atoms with van der Waals surface area (Å²) in [5.74, 6) is 1.11. The highest BCUT2D eigenvalue weighted by Gasteiger charge is 2.17. The zero-order valence-corrected chi connectivity index (χ0v) is 12.1. The van der Waals surface area contributed by atoms with E-state index in [-0.39, 0.29) is 6.10 Å². The van der Waals surface area contributed by atoms with Crippen LogP contribution in [0.5, 0.6) is 5.88 Å². The number of aryl methyl sites for hydroxylation is 2. The Balaban J connectivity index is 2.22. The molecule has 0 saturated heterocycles. The summed E-state index contributed by atoms with van der Waals surface area (Å²) in [4.78, 5) is 4.59. The van der Waals surface area contributed by atoms with Crippen molar-refractivity contribution in [2.45, 2.75) is 59.0 Å². The summed E-state index contributed by atoms with van der Waals surface area (Å²) >= 11 is 0. The van der Waals surface area contributed by atoms with Gasteiger partial charge in [-0.1, -0.05) is 13.8 Å². The largest absolute Gasteiger partial charge is 0.474 e. The van der Waals surface area contributed by atoms with Gasteiger partial charge in [0, 0.05) is 5.69 Å². The lowest BCUT2D eigenvalue weighted by Crippen LogP contribution is -2.17. The van der Waals surface area contributed by atoms with Crippen LogP contribution in [-0.2, 0) is 12.8 Å². The fraction of sp³-hybridized carbons (Fsp3) is 0.625. The van der Waals surface area contributed by atoms with E-state index >= 15 is 0 Å². The molecular weight excluding hydrogens is 236 g/mol. The van der Waals surface area contributed by atoms with Gasteiger partial charge in [-0.05, 0) is 56.6 Å². The summed E-state index contributed by atoms with van der Waals surface area (Å²) in [6.45, 7) is 6.39. The van der Waals surface area contributed by atoms with Crippen molar-refractivity contribution in [3.63, 3.8) is 0 Å². The van der Waals surface area contributed by atoms with Crippen molar-refractivity contribution >= 4 is 0 Å². The molecule has 0 aromatic carbocycles. The normalized spacial score (nSPS) is 15.7. The molecule has 1 atom stereocenters. The molecule has 0 spiro atoms. The molecule has 0 N–H and O–H groups in total. The average molecular weight is 258 g/mol. The molecule has 1 unspecified atom stereocenters. The van der Waals surface area contributed by atoms with Gasteiger partial charge in [0.25, 0.3) is 0 Å². The van der Waals surface area contributed by atoms with Crippen molar-refractivity contribution in [2.75, 3.05) is 0 Å². The van der Waals surface area contributed by atoms with Gasteiger partial charge in [-0.3, -0.25) is 0 Å². The van der Waals surface area contributed by atoms with Gasteiger partial charge in [-0.25, -0.2) is 4.98 Å². The fourth-order valence-corrected chi connectivity index (χ4v) is 2.69. The minimum absolute atomic E-state index is 0.0984. The Morgan fingerprint density at radius 1 is 1.32 bits per heavy atom. The Labute approximate surface area is 115 Å². The van der Waals surface area contributed by atoms with Gasteiger partial charge in [0.2, 0.25) is 5.88 Å². The molecule has 1 aliphatic carbocycles. The second kappa shape index (κ2) is 6.06. The molecule has 0 saturated carbocycles. The molecule has 0 fully saturated rings. The molecule has 1 aliphatic rings. The Hall–Kier alpha value is -1.56. The predicted octanol–water partition coefficient (Wildman–Crippen LogP) is 3.65. The molecular formula is C16H22N2O. The van der Waals surface area contributed by atoms with Gasteiger partial charge in [-0.15, -0.1) is 0 Å². The van der Waals surface area contributed by atoms with Gasteiger partial charge < -0.3 is 4.74 Å². The van der Waals surface area contributed by atoms with Crippen LogP contribution in [0.4, 0.5) is 0 Å². The SMILES string of the molecule is CC(C)CC(C)Oc1nc2c(cc1C#N)CCCC2. The predicted molar refractivity (Wildman–Crippen MR) is 75.1 cm³/mol. The summed E-state index contributed by atoms with van der Waals surface area (Å²) in [7, 11) is 0. The maximum absolute atomic E-state index is 9.24. The number of pyridine rings is 1. The van der Waals surface area contributed by atoms with Gasteiger partial charge in [0.15, 0.2) is 0 Å². The number of hydrogen-bond donors (Lipinski definition) is 0. The van der Waals surface area contributed by atoms with Crippen molar-refractivity contribution in [1.82, 2.24) is 4.98 Å². The highest BCUT2D eigenvalue weighted by atomic mass is 16.5. The maximum atomic E-state index is 9.24. The smallest absolute Gasteiger partial charge is 0.232 e. The minimum Gasteiger partial charge on any atom is -0.474 e. The number of nitrogens with zero attached hydrogens (tertiary/aromatic N) is 2. The molecule has 19 heavy (non-hydrogen) atoms. The molecule has 0 bridgehead atoms. The summed E-state index contributed by atoms with van der Waals surface area (Å²) in [6.07, 6.45) is 5.51. The summed E-state index contributed by atoms with van der Waals surface area (Å²) < 4.78 is 5.88. The van der Waals surface area contributed by atoms with E-state index in [0.29, 0.717) is 17.4 Å². The van der Waals surface area contributed by atoms with Crippen LogP contribution in [-0.4, -0.2) is 11.1 Å². The zero-order chi connectivity index (χ0) is 13.8. The molecule has 1 aromatic rings. The first-order chi connectivity index (χ1) is 9.10. The van der Waals surface area contributed by atoms with E-state index in [2.05, 4.69) is 24.9 Å². The molecule has 102 valence electrons. The van der Waals surface area contributed by atoms with Gasteiger partial charge in [-0.2, -0.15) is 5.26 Å². The lowest BCUT2D eigenvalue weighted by Gasteiger charge is -2.20. The highest BCUT2D eigenvalue weighted by molar-refractivity contribution is 5.43. The summed E-state index contributed by atoms with van der Waals surface area (Å²) in [6, 6.07) is 4.19. The van der Waals surface area contributed by atoms with E-state index in [1.807, 2.05) is 13.0 Å². The first kappa shape index (κ1) is 13.9. The Morgan fingerprint density at radius 2 is 2.05 bits per heavy atom. The average Bonchev–Trinajstić information content (AvgIpc) is 2.36. The fourth-order valence-electron chi connectivity index (χ4n) is 2.69. The molecule has 1 heterocycles. The highest BCUT2D eigenvalue weighted by Crippen LogP contribution is 2.26. The molecule has 0 aliphatic heterocycles. The van der Waals surface area contributed by atoms with Crippen LogP contribution in [0.2, 0.25) is 0 Å².